The molecule has 7 heteroatoms. The second kappa shape index (κ2) is 8.96. The molecular weight excluding hydrogens is 390 g/mol. The highest BCUT2D eigenvalue weighted by molar-refractivity contribution is 9.10. The molecule has 3 N–H and O–H groups in total. The van der Waals surface area contributed by atoms with E-state index in [0.29, 0.717) is 24.4 Å². The zero-order valence-electron chi connectivity index (χ0n) is 13.2. The largest absolute Gasteiger partial charge is 0.349 e. The molecule has 2 amide bonds. The number of rotatable bonds is 6. The monoisotopic (exact) mass is 409 g/mol. The summed E-state index contributed by atoms with van der Waals surface area (Å²) in [7, 11) is -2.84. The van der Waals surface area contributed by atoms with Gasteiger partial charge >= 0.3 is 6.03 Å². The maximum absolute atomic E-state index is 13.2. The molecule has 0 heterocycles. The van der Waals surface area contributed by atoms with Crippen molar-refractivity contribution in [3.05, 3.63) is 64.6 Å². The molecule has 0 spiro atoms. The van der Waals surface area contributed by atoms with Crippen molar-refractivity contribution in [2.45, 2.75) is 17.9 Å². The molecular formula is C17H20BrN3O2S. The first kappa shape index (κ1) is 18.6. The van der Waals surface area contributed by atoms with E-state index >= 15 is 0 Å². The number of carbonyl (C=O) groups is 1. The number of nitrogens with one attached hydrogen (secondary N) is 1. The highest BCUT2D eigenvalue weighted by atomic mass is 79.9. The Hall–Kier alpha value is -1.70. The molecule has 0 aliphatic rings. The molecule has 0 fully saturated rings. The van der Waals surface area contributed by atoms with E-state index in [0.717, 1.165) is 10.0 Å². The summed E-state index contributed by atoms with van der Waals surface area (Å²) in [4.78, 5) is 12.7. The third-order valence-corrected chi connectivity index (χ3v) is 6.16. The molecule has 5 nitrogen and oxygen atoms in total. The third-order valence-electron chi connectivity index (χ3n) is 3.32. The molecule has 2 aromatic rings. The summed E-state index contributed by atoms with van der Waals surface area (Å²) in [6, 6.07) is 15.9. The van der Waals surface area contributed by atoms with Crippen molar-refractivity contribution < 1.29 is 9.00 Å². The number of amides is 2. The predicted molar refractivity (Wildman–Crippen MR) is 100 cm³/mol. The fourth-order valence-corrected chi connectivity index (χ4v) is 4.23. The standard InChI is InChI=1S/C17H20BrN3O2S/c18-15-7-9-16(10-8-15)24(23,12-4-11-19)21-17(22)20-13-14-5-2-1-3-6-14/h1-3,5-10H,4,11-13,19H2,(H,20,22). The average molecular weight is 410 g/mol. The average Bonchev–Trinajstić information content (AvgIpc) is 2.59. The van der Waals surface area contributed by atoms with Crippen LogP contribution < -0.4 is 11.1 Å². The number of hydrogen-bond donors (Lipinski definition) is 2. The van der Waals surface area contributed by atoms with Crippen molar-refractivity contribution >= 4 is 31.7 Å². The van der Waals surface area contributed by atoms with Gasteiger partial charge in [-0.05, 0) is 42.8 Å². The Morgan fingerprint density at radius 1 is 1.12 bits per heavy atom. The molecule has 128 valence electrons. The van der Waals surface area contributed by atoms with Crippen LogP contribution in [0, 0.1) is 0 Å². The molecule has 0 bridgehead atoms. The van der Waals surface area contributed by atoms with Gasteiger partial charge in [0.25, 0.3) is 0 Å². The summed E-state index contributed by atoms with van der Waals surface area (Å²) in [5, 5.41) is 2.69. The molecule has 2 rings (SSSR count). The number of nitrogens with zero attached hydrogens (tertiary/aromatic N) is 1. The van der Waals surface area contributed by atoms with Gasteiger partial charge in [0, 0.05) is 21.7 Å². The Labute approximate surface area is 151 Å². The number of carbonyl (C=O) groups excluding carboxylic acids is 1. The van der Waals surface area contributed by atoms with Crippen LogP contribution in [0.5, 0.6) is 0 Å². The Morgan fingerprint density at radius 3 is 2.42 bits per heavy atom. The molecule has 0 saturated carbocycles. The predicted octanol–water partition coefficient (Wildman–Crippen LogP) is 3.53. The summed E-state index contributed by atoms with van der Waals surface area (Å²) >= 11 is 3.34. The van der Waals surface area contributed by atoms with E-state index in [9.17, 15) is 9.00 Å². The van der Waals surface area contributed by atoms with Gasteiger partial charge < -0.3 is 11.1 Å². The van der Waals surface area contributed by atoms with Crippen LogP contribution in [0.15, 0.2) is 68.3 Å². The van der Waals surface area contributed by atoms with Gasteiger partial charge in [-0.15, -0.1) is 4.36 Å². The number of nitrogens with two attached hydrogens (primary N) is 1. The lowest BCUT2D eigenvalue weighted by atomic mass is 10.2. The summed E-state index contributed by atoms with van der Waals surface area (Å²) in [5.74, 6) is 0.254. The van der Waals surface area contributed by atoms with Crippen molar-refractivity contribution in [1.82, 2.24) is 5.32 Å². The molecule has 1 unspecified atom stereocenters. The van der Waals surface area contributed by atoms with Gasteiger partial charge in [0.1, 0.15) is 0 Å². The highest BCUT2D eigenvalue weighted by Crippen LogP contribution is 2.19. The molecule has 0 aliphatic heterocycles. The Kier molecular flexibility index (Phi) is 6.96. The quantitative estimate of drug-likeness (QED) is 0.764. The number of urea groups is 1. The van der Waals surface area contributed by atoms with Crippen LogP contribution in [0.1, 0.15) is 12.0 Å². The van der Waals surface area contributed by atoms with Crippen LogP contribution in [-0.2, 0) is 16.3 Å². The van der Waals surface area contributed by atoms with Crippen LogP contribution in [0.4, 0.5) is 4.79 Å². The topological polar surface area (TPSA) is 84.6 Å². The Morgan fingerprint density at radius 2 is 1.79 bits per heavy atom. The maximum Gasteiger partial charge on any atom is 0.349 e. The highest BCUT2D eigenvalue weighted by Gasteiger charge is 2.15. The molecule has 24 heavy (non-hydrogen) atoms. The minimum absolute atomic E-state index is 0.254. The molecule has 0 aliphatic carbocycles. The molecule has 1 atom stereocenters. The van der Waals surface area contributed by atoms with E-state index < -0.39 is 15.8 Å². The SMILES string of the molecule is NCCCS(=O)(=NC(=O)NCc1ccccc1)c1ccc(Br)cc1. The number of hydrogen-bond acceptors (Lipinski definition) is 3. The summed E-state index contributed by atoms with van der Waals surface area (Å²) in [5.41, 5.74) is 6.48. The molecule has 2 aromatic carbocycles. The Bertz CT molecular complexity index is 785. The summed E-state index contributed by atoms with van der Waals surface area (Å²) < 4.78 is 18.0. The molecule has 0 radical (unpaired) electrons. The smallest absolute Gasteiger partial charge is 0.332 e. The van der Waals surface area contributed by atoms with Crippen molar-refractivity contribution in [3.8, 4) is 0 Å². The molecule has 0 saturated heterocycles. The fraction of sp³-hybridized carbons (Fsp3) is 0.235. The normalized spacial score (nSPS) is 13.1. The lowest BCUT2D eigenvalue weighted by molar-refractivity contribution is 0.249. The van der Waals surface area contributed by atoms with Gasteiger partial charge in [0.2, 0.25) is 0 Å². The minimum atomic E-state index is -2.84. The van der Waals surface area contributed by atoms with Crippen molar-refractivity contribution in [2.24, 2.45) is 10.1 Å². The van der Waals surface area contributed by atoms with Gasteiger partial charge in [-0.1, -0.05) is 46.3 Å². The maximum atomic E-state index is 13.2. The van der Waals surface area contributed by atoms with Crippen LogP contribution in [0.25, 0.3) is 0 Å². The first-order valence-corrected chi connectivity index (χ1v) is 10.0. The second-order valence-electron chi connectivity index (χ2n) is 5.18. The van der Waals surface area contributed by atoms with Crippen LogP contribution >= 0.6 is 15.9 Å². The van der Waals surface area contributed by atoms with Gasteiger partial charge in [-0.3, -0.25) is 0 Å². The lowest BCUT2D eigenvalue weighted by Gasteiger charge is -2.10. The fourth-order valence-electron chi connectivity index (χ4n) is 2.08. The van der Waals surface area contributed by atoms with Crippen molar-refractivity contribution in [1.29, 1.82) is 0 Å². The number of benzene rings is 2. The zero-order valence-corrected chi connectivity index (χ0v) is 15.6. The third kappa shape index (κ3) is 5.43. The summed E-state index contributed by atoms with van der Waals surface area (Å²) in [6.45, 7) is 0.741. The van der Waals surface area contributed by atoms with E-state index in [1.165, 1.54) is 0 Å². The second-order valence-corrected chi connectivity index (χ2v) is 8.44. The van der Waals surface area contributed by atoms with Crippen molar-refractivity contribution in [2.75, 3.05) is 12.3 Å². The zero-order chi connectivity index (χ0) is 17.4. The van der Waals surface area contributed by atoms with Crippen molar-refractivity contribution in [3.63, 3.8) is 0 Å². The van der Waals surface area contributed by atoms with Crippen LogP contribution in [-0.4, -0.2) is 22.5 Å². The minimum Gasteiger partial charge on any atom is -0.332 e. The van der Waals surface area contributed by atoms with E-state index in [2.05, 4.69) is 25.6 Å². The summed E-state index contributed by atoms with van der Waals surface area (Å²) in [6.07, 6.45) is 0.532. The van der Waals surface area contributed by atoms with Gasteiger partial charge in [0.15, 0.2) is 0 Å². The van der Waals surface area contributed by atoms with E-state index in [4.69, 9.17) is 5.73 Å². The lowest BCUT2D eigenvalue weighted by Crippen LogP contribution is -2.22. The van der Waals surface area contributed by atoms with Crippen LogP contribution in [0.3, 0.4) is 0 Å². The Balaban J connectivity index is 2.19. The molecule has 0 aromatic heterocycles. The van der Waals surface area contributed by atoms with Crippen LogP contribution in [0.2, 0.25) is 0 Å². The first-order chi connectivity index (χ1) is 11.5. The van der Waals surface area contributed by atoms with E-state index in [-0.39, 0.29) is 5.75 Å². The van der Waals surface area contributed by atoms with E-state index in [1.807, 2.05) is 30.3 Å². The van der Waals surface area contributed by atoms with E-state index in [1.54, 1.807) is 24.3 Å². The van der Waals surface area contributed by atoms with Gasteiger partial charge in [-0.2, -0.15) is 0 Å². The van der Waals surface area contributed by atoms with Gasteiger partial charge in [-0.25, -0.2) is 9.00 Å². The van der Waals surface area contributed by atoms with Gasteiger partial charge in [0.05, 0.1) is 9.73 Å². The number of halogens is 1. The first-order valence-electron chi connectivity index (χ1n) is 7.56.